The van der Waals surface area contributed by atoms with E-state index >= 15 is 0 Å². The smallest absolute Gasteiger partial charge is 0.438 e. The molecule has 31 heavy (non-hydrogen) atoms. The highest BCUT2D eigenvalue weighted by atomic mass is 35.5. The van der Waals surface area contributed by atoms with Crippen LogP contribution >= 0.6 is 11.6 Å². The highest BCUT2D eigenvalue weighted by molar-refractivity contribution is 6.31. The summed E-state index contributed by atoms with van der Waals surface area (Å²) in [5, 5.41) is 11.3. The zero-order valence-corrected chi connectivity index (χ0v) is 18.8. The van der Waals surface area contributed by atoms with E-state index in [0.29, 0.717) is 12.8 Å². The van der Waals surface area contributed by atoms with E-state index in [-0.39, 0.29) is 12.7 Å². The number of hydrogen-bond acceptors (Lipinski definition) is 5. The van der Waals surface area contributed by atoms with Gasteiger partial charge in [-0.2, -0.15) is 0 Å². The minimum absolute atomic E-state index is 0.0606. The maximum absolute atomic E-state index is 11.4. The molecule has 1 fully saturated rings. The van der Waals surface area contributed by atoms with Crippen molar-refractivity contribution in [2.75, 3.05) is 13.7 Å². The lowest BCUT2D eigenvalue weighted by molar-refractivity contribution is -0.179. The Labute approximate surface area is 188 Å². The van der Waals surface area contributed by atoms with Crippen LogP contribution in [0, 0.1) is 0 Å². The first kappa shape index (κ1) is 22.1. The van der Waals surface area contributed by atoms with Crippen LogP contribution in [0.5, 0.6) is 0 Å². The van der Waals surface area contributed by atoms with E-state index in [4.69, 9.17) is 21.1 Å². The normalized spacial score (nSPS) is 24.8. The van der Waals surface area contributed by atoms with E-state index in [0.717, 1.165) is 47.4 Å². The predicted octanol–water partition coefficient (Wildman–Crippen LogP) is 4.96. The van der Waals surface area contributed by atoms with Crippen molar-refractivity contribution in [1.29, 1.82) is 0 Å². The van der Waals surface area contributed by atoms with Gasteiger partial charge in [0.05, 0.1) is 24.9 Å². The minimum atomic E-state index is -0.743. The van der Waals surface area contributed by atoms with Crippen LogP contribution in [-0.4, -0.2) is 37.2 Å². The molecule has 0 bridgehead atoms. The van der Waals surface area contributed by atoms with Crippen LogP contribution < -0.4 is 0 Å². The summed E-state index contributed by atoms with van der Waals surface area (Å²) in [6, 6.07) is 12.8. The van der Waals surface area contributed by atoms with Gasteiger partial charge in [0.15, 0.2) is 0 Å². The molecule has 2 unspecified atom stereocenters. The van der Waals surface area contributed by atoms with Crippen molar-refractivity contribution in [3.05, 3.63) is 69.2 Å². The maximum atomic E-state index is 11.4. The zero-order chi connectivity index (χ0) is 22.0. The van der Waals surface area contributed by atoms with Crippen molar-refractivity contribution in [3.63, 3.8) is 0 Å². The number of carbonyl (C=O) groups excluding carboxylic acids is 1. The van der Waals surface area contributed by atoms with E-state index in [9.17, 15) is 9.90 Å². The summed E-state index contributed by atoms with van der Waals surface area (Å²) in [5.74, 6) is 0. The molecule has 6 heteroatoms. The van der Waals surface area contributed by atoms with Crippen LogP contribution in [0.2, 0.25) is 5.02 Å². The number of benzene rings is 2. The van der Waals surface area contributed by atoms with Crippen LogP contribution in [0.4, 0.5) is 4.79 Å². The molecule has 1 N–H and O–H groups in total. The molecule has 166 valence electrons. The Morgan fingerprint density at radius 3 is 2.71 bits per heavy atom. The zero-order valence-electron chi connectivity index (χ0n) is 18.0. The molecule has 0 aromatic heterocycles. The Bertz CT molecular complexity index is 942. The average Bonchev–Trinajstić information content (AvgIpc) is 3.08. The standard InChI is InChI=1S/C25H29ClO5/c1-3-16-4-6-17(7-5-16)10-19-11-22-18(12-23(19)26)8-9-25(22)14-20(27)13-21(31-25)15-30-24(28)29-2/h4-7,11-12,20-21,27H,3,8-10,13-15H2,1-2H3/t20?,21?,25-/m1/s1. The molecule has 0 radical (unpaired) electrons. The predicted molar refractivity (Wildman–Crippen MR) is 119 cm³/mol. The van der Waals surface area contributed by atoms with Crippen molar-refractivity contribution in [1.82, 2.24) is 0 Å². The SMILES string of the molecule is CCc1ccc(Cc2cc3c(cc2Cl)CC[C@@]32CC(O)CC(COC(=O)OC)O2)cc1. The summed E-state index contributed by atoms with van der Waals surface area (Å²) in [5.41, 5.74) is 5.25. The van der Waals surface area contributed by atoms with Crippen LogP contribution in [0.1, 0.15) is 54.0 Å². The molecule has 0 amide bonds. The Kier molecular flexibility index (Phi) is 6.56. The van der Waals surface area contributed by atoms with Gasteiger partial charge in [-0.1, -0.05) is 48.9 Å². The van der Waals surface area contributed by atoms with Gasteiger partial charge in [-0.05, 0) is 59.6 Å². The Morgan fingerprint density at radius 2 is 2.00 bits per heavy atom. The Hall–Kier alpha value is -2.08. The Morgan fingerprint density at radius 1 is 1.26 bits per heavy atom. The van der Waals surface area contributed by atoms with Gasteiger partial charge in [-0.3, -0.25) is 0 Å². The Balaban J connectivity index is 1.58. The van der Waals surface area contributed by atoms with E-state index in [2.05, 4.69) is 42.0 Å². The summed E-state index contributed by atoms with van der Waals surface area (Å²) in [6.07, 6.45) is 2.69. The number of rotatable bonds is 5. The lowest BCUT2D eigenvalue weighted by Gasteiger charge is -2.41. The van der Waals surface area contributed by atoms with E-state index in [1.807, 2.05) is 6.07 Å². The largest absolute Gasteiger partial charge is 0.508 e. The molecule has 1 aliphatic carbocycles. The average molecular weight is 445 g/mol. The fourth-order valence-electron chi connectivity index (χ4n) is 4.85. The van der Waals surface area contributed by atoms with Gasteiger partial charge in [0, 0.05) is 17.9 Å². The molecule has 0 saturated carbocycles. The number of aliphatic hydroxyl groups excluding tert-OH is 1. The molecule has 5 nitrogen and oxygen atoms in total. The third kappa shape index (κ3) is 4.74. The molecule has 1 aliphatic heterocycles. The van der Waals surface area contributed by atoms with E-state index in [1.54, 1.807) is 0 Å². The molecule has 2 aliphatic rings. The van der Waals surface area contributed by atoms with Crippen molar-refractivity contribution in [2.24, 2.45) is 0 Å². The fourth-order valence-corrected chi connectivity index (χ4v) is 5.10. The quantitative estimate of drug-likeness (QED) is 0.660. The topological polar surface area (TPSA) is 65.0 Å². The first-order valence-corrected chi connectivity index (χ1v) is 11.3. The second-order valence-electron chi connectivity index (χ2n) is 8.54. The summed E-state index contributed by atoms with van der Waals surface area (Å²) in [4.78, 5) is 11.4. The van der Waals surface area contributed by atoms with Crippen molar-refractivity contribution in [3.8, 4) is 0 Å². The number of hydrogen-bond donors (Lipinski definition) is 1. The molecule has 1 spiro atoms. The highest BCUT2D eigenvalue weighted by Crippen LogP contribution is 2.48. The molecule has 3 atom stereocenters. The maximum Gasteiger partial charge on any atom is 0.508 e. The van der Waals surface area contributed by atoms with Gasteiger partial charge >= 0.3 is 6.16 Å². The molecule has 4 rings (SSSR count). The fraction of sp³-hybridized carbons (Fsp3) is 0.480. The molecule has 1 heterocycles. The summed E-state index contributed by atoms with van der Waals surface area (Å²) < 4.78 is 16.1. The van der Waals surface area contributed by atoms with Crippen LogP contribution in [0.25, 0.3) is 0 Å². The van der Waals surface area contributed by atoms with Gasteiger partial charge in [0.25, 0.3) is 0 Å². The summed E-state index contributed by atoms with van der Waals surface area (Å²) in [7, 11) is 1.27. The molecule has 2 aromatic carbocycles. The van der Waals surface area contributed by atoms with E-state index in [1.165, 1.54) is 18.2 Å². The first-order chi connectivity index (χ1) is 14.9. The van der Waals surface area contributed by atoms with Gasteiger partial charge in [0.2, 0.25) is 0 Å². The second kappa shape index (κ2) is 9.19. The number of halogens is 1. The van der Waals surface area contributed by atoms with Crippen LogP contribution in [0.15, 0.2) is 36.4 Å². The molecular weight excluding hydrogens is 416 g/mol. The first-order valence-electron chi connectivity index (χ1n) is 10.9. The third-order valence-electron chi connectivity index (χ3n) is 6.43. The number of aliphatic hydroxyl groups is 1. The van der Waals surface area contributed by atoms with Crippen LogP contribution in [-0.2, 0) is 39.1 Å². The highest BCUT2D eigenvalue weighted by Gasteiger charge is 2.47. The van der Waals surface area contributed by atoms with E-state index < -0.39 is 17.9 Å². The molecular formula is C25H29ClO5. The van der Waals surface area contributed by atoms with Gasteiger partial charge in [-0.15, -0.1) is 0 Å². The van der Waals surface area contributed by atoms with Crippen molar-refractivity contribution in [2.45, 2.75) is 63.3 Å². The third-order valence-corrected chi connectivity index (χ3v) is 6.79. The lowest BCUT2D eigenvalue weighted by Crippen LogP contribution is -2.44. The summed E-state index contributed by atoms with van der Waals surface area (Å²) >= 11 is 6.64. The number of ether oxygens (including phenoxy) is 3. The number of methoxy groups -OCH3 is 1. The summed E-state index contributed by atoms with van der Waals surface area (Å²) in [6.45, 7) is 2.21. The van der Waals surface area contributed by atoms with Crippen LogP contribution in [0.3, 0.4) is 0 Å². The van der Waals surface area contributed by atoms with Crippen molar-refractivity contribution >= 4 is 17.8 Å². The number of aryl methyl sites for hydroxylation is 2. The lowest BCUT2D eigenvalue weighted by atomic mass is 9.84. The molecule has 1 saturated heterocycles. The monoisotopic (exact) mass is 444 g/mol. The minimum Gasteiger partial charge on any atom is -0.438 e. The number of carbonyl (C=O) groups is 1. The second-order valence-corrected chi connectivity index (χ2v) is 8.95. The molecule has 2 aromatic rings. The van der Waals surface area contributed by atoms with Crippen molar-refractivity contribution < 1.29 is 24.1 Å². The van der Waals surface area contributed by atoms with Gasteiger partial charge in [-0.25, -0.2) is 4.79 Å². The van der Waals surface area contributed by atoms with Gasteiger partial charge in [0.1, 0.15) is 6.61 Å². The number of fused-ring (bicyclic) bond motifs is 2. The van der Waals surface area contributed by atoms with Gasteiger partial charge < -0.3 is 19.3 Å².